The van der Waals surface area contributed by atoms with Gasteiger partial charge < -0.3 is 0 Å². The van der Waals surface area contributed by atoms with Crippen molar-refractivity contribution in [2.75, 3.05) is 0 Å². The highest BCUT2D eigenvalue weighted by Crippen LogP contribution is 2.11. The van der Waals surface area contributed by atoms with Gasteiger partial charge in [-0.3, -0.25) is 0 Å². The van der Waals surface area contributed by atoms with Crippen molar-refractivity contribution in [1.29, 1.82) is 0 Å². The Hall–Kier alpha value is -1.56. The largest absolute Gasteiger partial charge is 0.0622 e. The van der Waals surface area contributed by atoms with Gasteiger partial charge in [-0.2, -0.15) is 0 Å². The van der Waals surface area contributed by atoms with E-state index in [-0.39, 0.29) is 0 Å². The fraction of sp³-hybridized carbons (Fsp3) is 0.0714. The van der Waals surface area contributed by atoms with Gasteiger partial charge in [0.1, 0.15) is 0 Å². The average molecular weight is 180 g/mol. The van der Waals surface area contributed by atoms with Crippen LogP contribution in [-0.4, -0.2) is 0 Å². The molecule has 0 heteroatoms. The Morgan fingerprint density at radius 3 is 1.93 bits per heavy atom. The van der Waals surface area contributed by atoms with Gasteiger partial charge in [0, 0.05) is 0 Å². The van der Waals surface area contributed by atoms with Crippen LogP contribution in [0.1, 0.15) is 16.7 Å². The predicted octanol–water partition coefficient (Wildman–Crippen LogP) is 3.47. The molecule has 2 radical (unpaired) electrons. The fourth-order valence-corrected chi connectivity index (χ4v) is 1.33. The van der Waals surface area contributed by atoms with Crippen LogP contribution in [0.3, 0.4) is 0 Å². The lowest BCUT2D eigenvalue weighted by Crippen LogP contribution is -1.84. The second-order valence-electron chi connectivity index (χ2n) is 3.36. The first-order chi connectivity index (χ1) is 6.84. The molecule has 2 aromatic rings. The first-order valence-corrected chi connectivity index (χ1v) is 4.73. The Balaban J connectivity index is 2.16. The number of aryl methyl sites for hydroxylation is 1. The van der Waals surface area contributed by atoms with Crippen molar-refractivity contribution in [3.05, 3.63) is 77.7 Å². The molecule has 0 atom stereocenters. The van der Waals surface area contributed by atoms with Crippen molar-refractivity contribution < 1.29 is 0 Å². The molecule has 0 nitrogen and oxygen atoms in total. The molecule has 2 aromatic carbocycles. The summed E-state index contributed by atoms with van der Waals surface area (Å²) in [6.45, 7) is 2.09. The zero-order valence-electron chi connectivity index (χ0n) is 8.20. The summed E-state index contributed by atoms with van der Waals surface area (Å²) in [6.07, 6.45) is 3.33. The Morgan fingerprint density at radius 1 is 0.714 bits per heavy atom. The molecule has 0 aliphatic rings. The Kier molecular flexibility index (Phi) is 2.64. The molecule has 0 saturated heterocycles. The SMILES string of the molecule is Cc1ccc([C]c2ccccc2)cc1. The summed E-state index contributed by atoms with van der Waals surface area (Å²) in [5.41, 5.74) is 3.53. The van der Waals surface area contributed by atoms with Crippen molar-refractivity contribution in [2.45, 2.75) is 6.92 Å². The van der Waals surface area contributed by atoms with E-state index in [1.165, 1.54) is 5.56 Å². The molecule has 0 amide bonds. The number of rotatable bonds is 2. The lowest BCUT2D eigenvalue weighted by molar-refractivity contribution is 1.39. The van der Waals surface area contributed by atoms with Crippen molar-refractivity contribution in [3.8, 4) is 0 Å². The van der Waals surface area contributed by atoms with Gasteiger partial charge >= 0.3 is 0 Å². The third-order valence-corrected chi connectivity index (χ3v) is 2.11. The minimum absolute atomic E-state index is 1.12. The summed E-state index contributed by atoms with van der Waals surface area (Å²) in [6, 6.07) is 18.5. The maximum Gasteiger partial charge on any atom is 0.0501 e. The summed E-state index contributed by atoms with van der Waals surface area (Å²) in [7, 11) is 0. The van der Waals surface area contributed by atoms with E-state index in [2.05, 4.69) is 49.7 Å². The molecule has 14 heavy (non-hydrogen) atoms. The van der Waals surface area contributed by atoms with E-state index in [9.17, 15) is 0 Å². The standard InChI is InChI=1S/C14H12/c1-12-7-9-14(10-8-12)11-13-5-3-2-4-6-13/h2-10H,1H3. The summed E-state index contributed by atoms with van der Waals surface area (Å²) in [5.74, 6) is 0. The molecule has 0 aliphatic carbocycles. The molecular formula is C14H12. The first-order valence-electron chi connectivity index (χ1n) is 4.73. The number of benzene rings is 2. The van der Waals surface area contributed by atoms with Crippen LogP contribution >= 0.6 is 0 Å². The predicted molar refractivity (Wildman–Crippen MR) is 59.1 cm³/mol. The average Bonchev–Trinajstić information content (AvgIpc) is 2.23. The van der Waals surface area contributed by atoms with E-state index >= 15 is 0 Å². The molecule has 0 aliphatic heterocycles. The van der Waals surface area contributed by atoms with Crippen molar-refractivity contribution in [3.63, 3.8) is 0 Å². The molecule has 0 spiro atoms. The van der Waals surface area contributed by atoms with Gasteiger partial charge in [0.2, 0.25) is 0 Å². The maximum atomic E-state index is 3.33. The number of hydrogen-bond acceptors (Lipinski definition) is 0. The highest BCUT2D eigenvalue weighted by Gasteiger charge is 1.95. The normalized spacial score (nSPS) is 10.1. The van der Waals surface area contributed by atoms with Gasteiger partial charge in [-0.25, -0.2) is 0 Å². The third-order valence-electron chi connectivity index (χ3n) is 2.11. The molecule has 2 rings (SSSR count). The molecular weight excluding hydrogens is 168 g/mol. The van der Waals surface area contributed by atoms with E-state index < -0.39 is 0 Å². The zero-order chi connectivity index (χ0) is 9.80. The van der Waals surface area contributed by atoms with E-state index in [0.717, 1.165) is 11.1 Å². The van der Waals surface area contributed by atoms with Gasteiger partial charge in [0.25, 0.3) is 0 Å². The minimum atomic E-state index is 1.12. The molecule has 0 heterocycles. The summed E-state index contributed by atoms with van der Waals surface area (Å²) < 4.78 is 0. The second kappa shape index (κ2) is 4.10. The fourth-order valence-electron chi connectivity index (χ4n) is 1.33. The molecule has 68 valence electrons. The smallest absolute Gasteiger partial charge is 0.0501 e. The van der Waals surface area contributed by atoms with Crippen LogP contribution in [0.15, 0.2) is 54.6 Å². The first kappa shape index (κ1) is 9.01. The van der Waals surface area contributed by atoms with Crippen LogP contribution in [0, 0.1) is 13.3 Å². The third kappa shape index (κ3) is 2.23. The Morgan fingerprint density at radius 2 is 1.29 bits per heavy atom. The lowest BCUT2D eigenvalue weighted by Gasteiger charge is -2.00. The van der Waals surface area contributed by atoms with E-state index in [4.69, 9.17) is 0 Å². The monoisotopic (exact) mass is 180 g/mol. The summed E-state index contributed by atoms with van der Waals surface area (Å²) in [5, 5.41) is 0. The molecule has 0 bridgehead atoms. The van der Waals surface area contributed by atoms with Gasteiger partial charge in [0.15, 0.2) is 0 Å². The molecule has 0 saturated carbocycles. The number of hydrogen-bond donors (Lipinski definition) is 0. The minimum Gasteiger partial charge on any atom is -0.0622 e. The van der Waals surface area contributed by atoms with Crippen molar-refractivity contribution >= 4 is 0 Å². The Labute approximate surface area is 85.2 Å². The van der Waals surface area contributed by atoms with Gasteiger partial charge in [-0.1, -0.05) is 60.2 Å². The van der Waals surface area contributed by atoms with Crippen LogP contribution in [0.5, 0.6) is 0 Å². The van der Waals surface area contributed by atoms with Crippen LogP contribution in [0.4, 0.5) is 0 Å². The lowest BCUT2D eigenvalue weighted by atomic mass is 10.0. The summed E-state index contributed by atoms with van der Waals surface area (Å²) in [4.78, 5) is 0. The van der Waals surface area contributed by atoms with E-state index in [1.807, 2.05) is 18.2 Å². The van der Waals surface area contributed by atoms with Gasteiger partial charge in [-0.15, -0.1) is 0 Å². The highest BCUT2D eigenvalue weighted by atomic mass is 14.0. The quantitative estimate of drug-likeness (QED) is 0.663. The molecule has 0 fully saturated rings. The highest BCUT2D eigenvalue weighted by molar-refractivity contribution is 5.37. The van der Waals surface area contributed by atoms with E-state index in [0.29, 0.717) is 0 Å². The Bertz CT molecular complexity index is 384. The molecule has 0 unspecified atom stereocenters. The van der Waals surface area contributed by atoms with E-state index in [1.54, 1.807) is 0 Å². The van der Waals surface area contributed by atoms with Crippen molar-refractivity contribution in [2.24, 2.45) is 0 Å². The topological polar surface area (TPSA) is 0 Å². The van der Waals surface area contributed by atoms with Crippen LogP contribution in [0.25, 0.3) is 0 Å². The van der Waals surface area contributed by atoms with Gasteiger partial charge in [0.05, 0.1) is 6.42 Å². The van der Waals surface area contributed by atoms with Crippen LogP contribution in [0.2, 0.25) is 0 Å². The summed E-state index contributed by atoms with van der Waals surface area (Å²) >= 11 is 0. The van der Waals surface area contributed by atoms with Gasteiger partial charge in [-0.05, 0) is 18.1 Å². The molecule has 0 aromatic heterocycles. The second-order valence-corrected chi connectivity index (χ2v) is 3.36. The van der Waals surface area contributed by atoms with Crippen LogP contribution < -0.4 is 0 Å². The zero-order valence-corrected chi connectivity index (χ0v) is 8.20. The molecule has 0 N–H and O–H groups in total. The maximum absolute atomic E-state index is 3.33. The van der Waals surface area contributed by atoms with Crippen LogP contribution in [-0.2, 0) is 0 Å². The van der Waals surface area contributed by atoms with Crippen molar-refractivity contribution in [1.82, 2.24) is 0 Å².